The molecule has 8 heteroatoms. The number of carbonyl (C=O) groups is 3. The molecule has 2 N–H and O–H groups in total. The van der Waals surface area contributed by atoms with Gasteiger partial charge in [0.15, 0.2) is 0 Å². The molecule has 0 heterocycles. The average Bonchev–Trinajstić information content (AvgIpc) is 2.73. The van der Waals surface area contributed by atoms with Crippen LogP contribution in [0.2, 0.25) is 0 Å². The number of methoxy groups -OCH3 is 3. The van der Waals surface area contributed by atoms with Gasteiger partial charge in [0.1, 0.15) is 11.4 Å². The summed E-state index contributed by atoms with van der Waals surface area (Å²) in [5.74, 6) is -1.12. The van der Waals surface area contributed by atoms with Crippen molar-refractivity contribution < 1.29 is 28.6 Å². The summed E-state index contributed by atoms with van der Waals surface area (Å²) in [7, 11) is 3.94. The molecule has 0 saturated carbocycles. The number of nitrogens with one attached hydrogen (secondary N) is 2. The molecule has 0 aliphatic carbocycles. The normalized spacial score (nSPS) is 10.6. The number of rotatable bonds is 7. The summed E-state index contributed by atoms with van der Waals surface area (Å²) in [5, 5.41) is 5.53. The molecular formula is C20H20N2O6. The first-order chi connectivity index (χ1) is 13.5. The Morgan fingerprint density at radius 3 is 2.18 bits per heavy atom. The fraction of sp³-hybridized carbons (Fsp3) is 0.150. The lowest BCUT2D eigenvalue weighted by Gasteiger charge is -2.10. The Kier molecular flexibility index (Phi) is 7.15. The molecule has 0 atom stereocenters. The summed E-state index contributed by atoms with van der Waals surface area (Å²) in [4.78, 5) is 35.5. The molecule has 0 bridgehead atoms. The third-order valence-electron chi connectivity index (χ3n) is 3.62. The number of carbonyl (C=O) groups excluding carboxylic acids is 3. The van der Waals surface area contributed by atoms with Crippen molar-refractivity contribution in [3.8, 4) is 5.75 Å². The van der Waals surface area contributed by atoms with Gasteiger partial charge in [0.25, 0.3) is 5.91 Å². The van der Waals surface area contributed by atoms with Gasteiger partial charge in [-0.05, 0) is 36.4 Å². The highest BCUT2D eigenvalue weighted by atomic mass is 16.5. The summed E-state index contributed by atoms with van der Waals surface area (Å²) in [5.41, 5.74) is 1.40. The Balaban J connectivity index is 2.11. The zero-order chi connectivity index (χ0) is 20.5. The second-order valence-electron chi connectivity index (χ2n) is 5.46. The van der Waals surface area contributed by atoms with Crippen molar-refractivity contribution in [1.82, 2.24) is 0 Å². The molecule has 146 valence electrons. The van der Waals surface area contributed by atoms with Crippen LogP contribution < -0.4 is 15.4 Å². The molecule has 2 rings (SSSR count). The number of anilines is 2. The minimum atomic E-state index is -0.731. The van der Waals surface area contributed by atoms with E-state index in [-0.39, 0.29) is 11.6 Å². The molecule has 0 unspecified atom stereocenters. The standard InChI is InChI=1S/C20H20N2O6/c1-26-16-6-4-5-15(11-16)22-19(24)13-7-9-14(10-8-13)21-17(20(25)28-3)12-18(23)27-2/h4-12,21H,1-3H3,(H,22,24)/b17-12+. The van der Waals surface area contributed by atoms with E-state index >= 15 is 0 Å². The van der Waals surface area contributed by atoms with Gasteiger partial charge in [0, 0.05) is 23.0 Å². The highest BCUT2D eigenvalue weighted by molar-refractivity contribution is 6.04. The van der Waals surface area contributed by atoms with Gasteiger partial charge >= 0.3 is 11.9 Å². The monoisotopic (exact) mass is 384 g/mol. The van der Waals surface area contributed by atoms with Crippen molar-refractivity contribution in [3.63, 3.8) is 0 Å². The largest absolute Gasteiger partial charge is 0.497 e. The van der Waals surface area contributed by atoms with Gasteiger partial charge in [0.2, 0.25) is 0 Å². The van der Waals surface area contributed by atoms with Crippen LogP contribution in [-0.4, -0.2) is 39.2 Å². The van der Waals surface area contributed by atoms with Crippen LogP contribution in [0.1, 0.15) is 10.4 Å². The van der Waals surface area contributed by atoms with Crippen molar-refractivity contribution >= 4 is 29.2 Å². The van der Waals surface area contributed by atoms with Crippen LogP contribution in [0.25, 0.3) is 0 Å². The third kappa shape index (κ3) is 5.60. The molecule has 0 radical (unpaired) electrons. The summed E-state index contributed by atoms with van der Waals surface area (Å²) >= 11 is 0. The average molecular weight is 384 g/mol. The highest BCUT2D eigenvalue weighted by Gasteiger charge is 2.13. The molecule has 2 aromatic rings. The fourth-order valence-electron chi connectivity index (χ4n) is 2.20. The molecule has 0 fully saturated rings. The van der Waals surface area contributed by atoms with Crippen molar-refractivity contribution in [2.45, 2.75) is 0 Å². The van der Waals surface area contributed by atoms with Gasteiger partial charge in [0.05, 0.1) is 27.4 Å². The van der Waals surface area contributed by atoms with Gasteiger partial charge in [-0.25, -0.2) is 9.59 Å². The molecule has 0 aliphatic heterocycles. The van der Waals surface area contributed by atoms with Crippen LogP contribution in [0.5, 0.6) is 5.75 Å². The smallest absolute Gasteiger partial charge is 0.354 e. The number of esters is 2. The predicted molar refractivity (Wildman–Crippen MR) is 103 cm³/mol. The van der Waals surface area contributed by atoms with E-state index in [0.717, 1.165) is 6.08 Å². The van der Waals surface area contributed by atoms with E-state index in [1.807, 2.05) is 0 Å². The first kappa shape index (κ1) is 20.5. The first-order valence-electron chi connectivity index (χ1n) is 8.17. The third-order valence-corrected chi connectivity index (χ3v) is 3.62. The lowest BCUT2D eigenvalue weighted by atomic mass is 10.2. The Morgan fingerprint density at radius 2 is 1.57 bits per heavy atom. The van der Waals surface area contributed by atoms with Crippen molar-refractivity contribution in [3.05, 3.63) is 65.9 Å². The minimum absolute atomic E-state index is 0.0945. The van der Waals surface area contributed by atoms with Crippen molar-refractivity contribution in [1.29, 1.82) is 0 Å². The second-order valence-corrected chi connectivity index (χ2v) is 5.46. The SMILES string of the molecule is COC(=O)/C=C(/Nc1ccc(C(=O)Nc2cccc(OC)c2)cc1)C(=O)OC. The van der Waals surface area contributed by atoms with Gasteiger partial charge in [-0.15, -0.1) is 0 Å². The molecule has 0 aromatic heterocycles. The van der Waals surface area contributed by atoms with Crippen LogP contribution in [0.3, 0.4) is 0 Å². The van der Waals surface area contributed by atoms with Crippen LogP contribution in [0.15, 0.2) is 60.3 Å². The van der Waals surface area contributed by atoms with E-state index in [2.05, 4.69) is 20.1 Å². The van der Waals surface area contributed by atoms with E-state index < -0.39 is 11.9 Å². The minimum Gasteiger partial charge on any atom is -0.497 e. The number of hydrogen-bond donors (Lipinski definition) is 2. The van der Waals surface area contributed by atoms with Crippen LogP contribution in [0, 0.1) is 0 Å². The Bertz CT molecular complexity index is 890. The maximum atomic E-state index is 12.4. The number of ether oxygens (including phenoxy) is 3. The Hall–Kier alpha value is -3.81. The van der Waals surface area contributed by atoms with E-state index in [0.29, 0.717) is 22.7 Å². The van der Waals surface area contributed by atoms with Gasteiger partial charge in [-0.1, -0.05) is 6.07 Å². The first-order valence-corrected chi connectivity index (χ1v) is 8.17. The molecule has 0 aliphatic rings. The molecule has 0 spiro atoms. The lowest BCUT2D eigenvalue weighted by molar-refractivity contribution is -0.138. The van der Waals surface area contributed by atoms with E-state index in [1.165, 1.54) is 14.2 Å². The molecule has 1 amide bonds. The maximum absolute atomic E-state index is 12.4. The summed E-state index contributed by atoms with van der Waals surface area (Å²) in [6, 6.07) is 13.3. The quantitative estimate of drug-likeness (QED) is 0.559. The van der Waals surface area contributed by atoms with E-state index in [9.17, 15) is 14.4 Å². The molecule has 0 saturated heterocycles. The topological polar surface area (TPSA) is 103 Å². The second kappa shape index (κ2) is 9.77. The van der Waals surface area contributed by atoms with Crippen LogP contribution >= 0.6 is 0 Å². The summed E-state index contributed by atoms with van der Waals surface area (Å²) in [6.07, 6.45) is 0.981. The van der Waals surface area contributed by atoms with Gasteiger partial charge in [-0.2, -0.15) is 0 Å². The molecular weight excluding hydrogens is 364 g/mol. The molecule has 28 heavy (non-hydrogen) atoms. The van der Waals surface area contributed by atoms with Crippen LogP contribution in [-0.2, 0) is 19.1 Å². The number of amides is 1. The molecule has 2 aromatic carbocycles. The van der Waals surface area contributed by atoms with Gasteiger partial charge in [-0.3, -0.25) is 4.79 Å². The van der Waals surface area contributed by atoms with E-state index in [1.54, 1.807) is 55.6 Å². The van der Waals surface area contributed by atoms with Gasteiger partial charge < -0.3 is 24.8 Å². The Morgan fingerprint density at radius 1 is 0.857 bits per heavy atom. The van der Waals surface area contributed by atoms with Crippen molar-refractivity contribution in [2.75, 3.05) is 32.0 Å². The highest BCUT2D eigenvalue weighted by Crippen LogP contribution is 2.18. The Labute approximate surface area is 162 Å². The zero-order valence-corrected chi connectivity index (χ0v) is 15.6. The van der Waals surface area contributed by atoms with Crippen molar-refractivity contribution in [2.24, 2.45) is 0 Å². The maximum Gasteiger partial charge on any atom is 0.354 e. The molecule has 8 nitrogen and oxygen atoms in total. The lowest BCUT2D eigenvalue weighted by Crippen LogP contribution is -2.16. The number of hydrogen-bond acceptors (Lipinski definition) is 7. The predicted octanol–water partition coefficient (Wildman–Crippen LogP) is 2.59. The van der Waals surface area contributed by atoms with E-state index in [4.69, 9.17) is 4.74 Å². The fourth-order valence-corrected chi connectivity index (χ4v) is 2.20. The van der Waals surface area contributed by atoms with Crippen LogP contribution in [0.4, 0.5) is 11.4 Å². The summed E-state index contributed by atoms with van der Waals surface area (Å²) < 4.78 is 14.3. The number of benzene rings is 2. The summed E-state index contributed by atoms with van der Waals surface area (Å²) in [6.45, 7) is 0. The zero-order valence-electron chi connectivity index (χ0n) is 15.6.